The summed E-state index contributed by atoms with van der Waals surface area (Å²) in [6, 6.07) is 28.2. The Morgan fingerprint density at radius 2 is 1.24 bits per heavy atom. The molecule has 0 radical (unpaired) electrons. The molecule has 0 saturated heterocycles. The number of carboxylic acid groups (broad SMARTS) is 1. The maximum absolute atomic E-state index is 10.5. The van der Waals surface area contributed by atoms with Crippen LogP contribution in [-0.2, 0) is 16.1 Å². The van der Waals surface area contributed by atoms with Crippen LogP contribution in [0.5, 0.6) is 0 Å². The standard InChI is InChI=1S/C21H19NO3/c23-21(24)16-25-15-17-11-13-20(14-12-17)22(18-7-3-1-4-8-18)19-9-5-2-6-10-19/h1-14H,15-16H2,(H,23,24). The van der Waals surface area contributed by atoms with Gasteiger partial charge in [-0.2, -0.15) is 0 Å². The first-order valence-electron chi connectivity index (χ1n) is 8.03. The van der Waals surface area contributed by atoms with Crippen LogP contribution in [0.2, 0.25) is 0 Å². The van der Waals surface area contributed by atoms with E-state index < -0.39 is 5.97 Å². The lowest BCUT2D eigenvalue weighted by Crippen LogP contribution is -2.10. The molecule has 0 aliphatic carbocycles. The van der Waals surface area contributed by atoms with Gasteiger partial charge in [0.1, 0.15) is 6.61 Å². The number of anilines is 3. The van der Waals surface area contributed by atoms with Gasteiger partial charge in [0, 0.05) is 17.1 Å². The summed E-state index contributed by atoms with van der Waals surface area (Å²) in [6.07, 6.45) is 0. The number of aliphatic carboxylic acids is 1. The first-order valence-corrected chi connectivity index (χ1v) is 8.03. The molecule has 0 bridgehead atoms. The Bertz CT molecular complexity index is 762. The molecular formula is C21H19NO3. The van der Waals surface area contributed by atoms with Crippen molar-refractivity contribution >= 4 is 23.0 Å². The Balaban J connectivity index is 1.85. The number of nitrogens with zero attached hydrogens (tertiary/aromatic N) is 1. The van der Waals surface area contributed by atoms with E-state index in [0.29, 0.717) is 0 Å². The number of rotatable bonds is 7. The Kier molecular flexibility index (Phi) is 5.44. The minimum atomic E-state index is -0.962. The first kappa shape index (κ1) is 16.7. The van der Waals surface area contributed by atoms with Crippen LogP contribution in [0, 0.1) is 0 Å². The van der Waals surface area contributed by atoms with Crippen LogP contribution in [0.4, 0.5) is 17.1 Å². The van der Waals surface area contributed by atoms with Gasteiger partial charge in [0.05, 0.1) is 6.61 Å². The molecular weight excluding hydrogens is 314 g/mol. The van der Waals surface area contributed by atoms with Crippen molar-refractivity contribution in [3.8, 4) is 0 Å². The van der Waals surface area contributed by atoms with Crippen molar-refractivity contribution in [2.24, 2.45) is 0 Å². The van der Waals surface area contributed by atoms with E-state index in [1.165, 1.54) is 0 Å². The minimum absolute atomic E-state index is 0.281. The van der Waals surface area contributed by atoms with Gasteiger partial charge in [-0.05, 0) is 42.0 Å². The molecule has 3 aromatic carbocycles. The normalized spacial score (nSPS) is 10.4. The van der Waals surface area contributed by atoms with Gasteiger partial charge < -0.3 is 14.7 Å². The molecule has 0 atom stereocenters. The third-order valence-electron chi connectivity index (χ3n) is 3.72. The molecule has 126 valence electrons. The molecule has 0 unspecified atom stereocenters. The largest absolute Gasteiger partial charge is 0.480 e. The highest BCUT2D eigenvalue weighted by Gasteiger charge is 2.11. The highest BCUT2D eigenvalue weighted by Crippen LogP contribution is 2.33. The first-order chi connectivity index (χ1) is 12.2. The summed E-state index contributed by atoms with van der Waals surface area (Å²) in [5.41, 5.74) is 4.11. The monoisotopic (exact) mass is 333 g/mol. The average Bonchev–Trinajstić information content (AvgIpc) is 2.65. The Hall–Kier alpha value is -3.11. The summed E-state index contributed by atoms with van der Waals surface area (Å²) in [7, 11) is 0. The van der Waals surface area contributed by atoms with Crippen LogP contribution in [0.3, 0.4) is 0 Å². The molecule has 3 aromatic rings. The number of carboxylic acids is 1. The van der Waals surface area contributed by atoms with E-state index in [-0.39, 0.29) is 13.2 Å². The highest BCUT2D eigenvalue weighted by molar-refractivity contribution is 5.76. The van der Waals surface area contributed by atoms with Gasteiger partial charge in [0.25, 0.3) is 0 Å². The predicted molar refractivity (Wildman–Crippen MR) is 98.4 cm³/mol. The molecule has 4 nitrogen and oxygen atoms in total. The Labute approximate surface area is 146 Å². The number of hydrogen-bond acceptors (Lipinski definition) is 3. The zero-order valence-corrected chi connectivity index (χ0v) is 13.7. The molecule has 0 spiro atoms. The third-order valence-corrected chi connectivity index (χ3v) is 3.72. The van der Waals surface area contributed by atoms with Crippen LogP contribution in [0.15, 0.2) is 84.9 Å². The van der Waals surface area contributed by atoms with E-state index in [1.54, 1.807) is 0 Å². The molecule has 1 N–H and O–H groups in total. The van der Waals surface area contributed by atoms with Crippen molar-refractivity contribution in [1.29, 1.82) is 0 Å². The van der Waals surface area contributed by atoms with Gasteiger partial charge in [-0.1, -0.05) is 48.5 Å². The molecule has 0 aliphatic heterocycles. The van der Waals surface area contributed by atoms with Gasteiger partial charge >= 0.3 is 5.97 Å². The summed E-state index contributed by atoms with van der Waals surface area (Å²) < 4.78 is 5.14. The van der Waals surface area contributed by atoms with Crippen LogP contribution in [0.25, 0.3) is 0 Å². The van der Waals surface area contributed by atoms with Crippen molar-refractivity contribution in [3.63, 3.8) is 0 Å². The topological polar surface area (TPSA) is 49.8 Å². The second-order valence-electron chi connectivity index (χ2n) is 5.56. The molecule has 0 fully saturated rings. The summed E-state index contributed by atoms with van der Waals surface area (Å²) in [4.78, 5) is 12.7. The number of carbonyl (C=O) groups is 1. The quantitative estimate of drug-likeness (QED) is 0.677. The lowest BCUT2D eigenvalue weighted by molar-refractivity contribution is -0.142. The highest BCUT2D eigenvalue weighted by atomic mass is 16.5. The van der Waals surface area contributed by atoms with Crippen LogP contribution < -0.4 is 4.90 Å². The molecule has 0 aromatic heterocycles. The summed E-state index contributed by atoms with van der Waals surface area (Å²) in [5, 5.41) is 8.63. The second kappa shape index (κ2) is 8.13. The predicted octanol–water partition coefficient (Wildman–Crippen LogP) is 4.76. The number of hydrogen-bond donors (Lipinski definition) is 1. The van der Waals surface area contributed by atoms with Crippen molar-refractivity contribution in [2.75, 3.05) is 11.5 Å². The van der Waals surface area contributed by atoms with Crippen LogP contribution in [0.1, 0.15) is 5.56 Å². The molecule has 0 amide bonds. The molecule has 0 heterocycles. The lowest BCUT2D eigenvalue weighted by Gasteiger charge is -2.25. The van der Waals surface area contributed by atoms with Gasteiger partial charge in [-0.3, -0.25) is 0 Å². The van der Waals surface area contributed by atoms with E-state index >= 15 is 0 Å². The van der Waals surface area contributed by atoms with Crippen molar-refractivity contribution in [2.45, 2.75) is 6.61 Å². The molecule has 0 saturated carbocycles. The average molecular weight is 333 g/mol. The van der Waals surface area contributed by atoms with Gasteiger partial charge in [-0.25, -0.2) is 4.79 Å². The van der Waals surface area contributed by atoms with Crippen molar-refractivity contribution < 1.29 is 14.6 Å². The third kappa shape index (κ3) is 4.46. The Morgan fingerprint density at radius 1 is 0.760 bits per heavy atom. The van der Waals surface area contributed by atoms with Crippen LogP contribution >= 0.6 is 0 Å². The summed E-state index contributed by atoms with van der Waals surface area (Å²) in [6.45, 7) is -0.00877. The SMILES string of the molecule is O=C(O)COCc1ccc(N(c2ccccc2)c2ccccc2)cc1. The van der Waals surface area contributed by atoms with Crippen molar-refractivity contribution in [3.05, 3.63) is 90.5 Å². The van der Waals surface area contributed by atoms with Crippen LogP contribution in [-0.4, -0.2) is 17.7 Å². The smallest absolute Gasteiger partial charge is 0.329 e. The van der Waals surface area contributed by atoms with E-state index in [4.69, 9.17) is 9.84 Å². The van der Waals surface area contributed by atoms with Crippen molar-refractivity contribution in [1.82, 2.24) is 0 Å². The minimum Gasteiger partial charge on any atom is -0.480 e. The molecule has 25 heavy (non-hydrogen) atoms. The van der Waals surface area contributed by atoms with E-state index in [2.05, 4.69) is 29.2 Å². The molecule has 4 heteroatoms. The maximum atomic E-state index is 10.5. The van der Waals surface area contributed by atoms with Gasteiger partial charge in [-0.15, -0.1) is 0 Å². The number of para-hydroxylation sites is 2. The molecule has 0 aliphatic rings. The van der Waals surface area contributed by atoms with E-state index in [9.17, 15) is 4.79 Å². The Morgan fingerprint density at radius 3 is 1.72 bits per heavy atom. The second-order valence-corrected chi connectivity index (χ2v) is 5.56. The number of benzene rings is 3. The zero-order chi connectivity index (χ0) is 17.5. The van der Waals surface area contributed by atoms with Gasteiger partial charge in [0.2, 0.25) is 0 Å². The summed E-state index contributed by atoms with van der Waals surface area (Å²) >= 11 is 0. The molecule has 3 rings (SSSR count). The lowest BCUT2D eigenvalue weighted by atomic mass is 10.1. The fourth-order valence-electron chi connectivity index (χ4n) is 2.60. The fourth-order valence-corrected chi connectivity index (χ4v) is 2.60. The zero-order valence-electron chi connectivity index (χ0n) is 13.7. The maximum Gasteiger partial charge on any atom is 0.329 e. The van der Waals surface area contributed by atoms with E-state index in [1.807, 2.05) is 60.7 Å². The van der Waals surface area contributed by atoms with Gasteiger partial charge in [0.15, 0.2) is 0 Å². The van der Waals surface area contributed by atoms with E-state index in [0.717, 1.165) is 22.6 Å². The fraction of sp³-hybridized carbons (Fsp3) is 0.0952. The summed E-state index contributed by atoms with van der Waals surface area (Å²) in [5.74, 6) is -0.962. The number of ether oxygens (including phenoxy) is 1.